The van der Waals surface area contributed by atoms with Gasteiger partial charge in [-0.2, -0.15) is 0 Å². The minimum atomic E-state index is -2.50. The zero-order chi connectivity index (χ0) is 53.6. The quantitative estimate of drug-likeness (QED) is 0.105. The number of carbonyl (C=O) groups excluding carboxylic acids is 4. The van der Waals surface area contributed by atoms with E-state index in [1.165, 1.54) is 12.0 Å². The van der Waals surface area contributed by atoms with Crippen LogP contribution in [0.5, 0.6) is 0 Å². The highest BCUT2D eigenvalue weighted by Crippen LogP contribution is 2.38. The summed E-state index contributed by atoms with van der Waals surface area (Å²) in [6, 6.07) is 8.03. The van der Waals surface area contributed by atoms with Crippen LogP contribution >= 0.6 is 0 Å². The molecule has 1 amide bonds. The van der Waals surface area contributed by atoms with Crippen LogP contribution in [-0.2, 0) is 42.9 Å². The number of esters is 1. The lowest BCUT2D eigenvalue weighted by Gasteiger charge is -2.43. The van der Waals surface area contributed by atoms with Crippen LogP contribution in [0.2, 0.25) is 0 Å². The molecule has 4 aliphatic rings. The topological polar surface area (TPSA) is 199 Å². The average molecular weight is 1020 g/mol. The Bertz CT molecular complexity index is 2120. The highest BCUT2D eigenvalue weighted by atomic mass is 16.6. The number of carbonyl (C=O) groups is 4. The van der Waals surface area contributed by atoms with E-state index in [0.29, 0.717) is 56.1 Å². The first kappa shape index (κ1) is 59.8. The monoisotopic (exact) mass is 1020 g/mol. The lowest BCUT2D eigenvalue weighted by molar-refractivity contribution is -0.266. The maximum absolute atomic E-state index is 14.5. The van der Waals surface area contributed by atoms with Crippen LogP contribution in [0, 0.1) is 35.5 Å². The number of allylic oxidation sites excluding steroid dienone is 6. The molecular formula is C59H87NO13. The van der Waals surface area contributed by atoms with Crippen molar-refractivity contribution in [2.45, 2.75) is 186 Å². The number of Topliss-reactive ketones (excluding diaryl/α,β-unsaturated/α-hetero) is 2. The number of cyclic esters (lactones) is 1. The van der Waals surface area contributed by atoms with E-state index in [9.17, 15) is 39.6 Å². The van der Waals surface area contributed by atoms with Gasteiger partial charge in [-0.1, -0.05) is 108 Å². The first-order valence-electron chi connectivity index (χ1n) is 26.8. The van der Waals surface area contributed by atoms with Crippen molar-refractivity contribution in [2.75, 3.05) is 27.4 Å². The van der Waals surface area contributed by atoms with Crippen molar-refractivity contribution >= 4 is 23.4 Å². The van der Waals surface area contributed by atoms with Gasteiger partial charge in [-0.25, -0.2) is 4.79 Å². The minimum absolute atomic E-state index is 0.0331. The van der Waals surface area contributed by atoms with Crippen molar-refractivity contribution in [3.63, 3.8) is 0 Å². The third-order valence-electron chi connectivity index (χ3n) is 16.1. The number of methoxy groups -OCH3 is 2. The lowest BCUT2D eigenvalue weighted by atomic mass is 9.78. The number of amides is 1. The molecule has 0 spiro atoms. The summed E-state index contributed by atoms with van der Waals surface area (Å²) >= 11 is 0. The maximum atomic E-state index is 14.5. The normalized spacial score (nSPS) is 37.7. The highest BCUT2D eigenvalue weighted by Gasteiger charge is 2.53. The molecule has 3 fully saturated rings. The second-order valence-corrected chi connectivity index (χ2v) is 21.8. The molecule has 5 rings (SSSR count). The van der Waals surface area contributed by atoms with Gasteiger partial charge in [0, 0.05) is 45.4 Å². The van der Waals surface area contributed by atoms with Gasteiger partial charge in [-0.15, -0.1) is 0 Å². The van der Waals surface area contributed by atoms with E-state index >= 15 is 0 Å². The molecule has 2 bridgehead atoms. The predicted octanol–water partition coefficient (Wildman–Crippen LogP) is 8.27. The van der Waals surface area contributed by atoms with E-state index < -0.39 is 84.1 Å². The molecule has 16 atom stereocenters. The predicted molar refractivity (Wildman–Crippen MR) is 280 cm³/mol. The minimum Gasteiger partial charge on any atom is -0.460 e. The summed E-state index contributed by atoms with van der Waals surface area (Å²) < 4.78 is 30.5. The molecule has 2 unspecified atom stereocenters. The van der Waals surface area contributed by atoms with Crippen LogP contribution in [0.25, 0.3) is 0 Å². The van der Waals surface area contributed by atoms with Crippen molar-refractivity contribution in [1.29, 1.82) is 0 Å². The smallest absolute Gasteiger partial charge is 0.329 e. The Morgan fingerprint density at radius 1 is 0.877 bits per heavy atom. The lowest BCUT2D eigenvalue weighted by Crippen LogP contribution is -2.61. The van der Waals surface area contributed by atoms with Gasteiger partial charge in [0.15, 0.2) is 0 Å². The highest BCUT2D eigenvalue weighted by molar-refractivity contribution is 6.39. The summed E-state index contributed by atoms with van der Waals surface area (Å²) in [7, 11) is 3.11. The molecular weight excluding hydrogens is 931 g/mol. The Morgan fingerprint density at radius 2 is 1.60 bits per heavy atom. The second-order valence-electron chi connectivity index (χ2n) is 21.8. The number of fused-ring (bicyclic) bond motifs is 3. The summed E-state index contributed by atoms with van der Waals surface area (Å²) in [5.74, 6) is -7.23. The Balaban J connectivity index is 1.49. The van der Waals surface area contributed by atoms with Crippen molar-refractivity contribution in [3.05, 3.63) is 95.6 Å². The molecule has 406 valence electrons. The van der Waals surface area contributed by atoms with Crippen LogP contribution in [-0.4, -0.2) is 131 Å². The van der Waals surface area contributed by atoms with Gasteiger partial charge >= 0.3 is 5.97 Å². The van der Waals surface area contributed by atoms with E-state index in [-0.39, 0.29) is 68.0 Å². The zero-order valence-corrected chi connectivity index (χ0v) is 45.0. The molecule has 2 saturated heterocycles. The maximum Gasteiger partial charge on any atom is 0.329 e. The fourth-order valence-corrected chi connectivity index (χ4v) is 11.1. The van der Waals surface area contributed by atoms with Crippen molar-refractivity contribution in [2.24, 2.45) is 35.5 Å². The number of ketones is 2. The Morgan fingerprint density at radius 3 is 2.30 bits per heavy atom. The van der Waals surface area contributed by atoms with Crippen molar-refractivity contribution in [1.82, 2.24) is 4.90 Å². The van der Waals surface area contributed by atoms with Crippen LogP contribution in [0.1, 0.15) is 137 Å². The van der Waals surface area contributed by atoms with Crippen LogP contribution in [0.3, 0.4) is 0 Å². The molecule has 3 heterocycles. The molecule has 1 aromatic carbocycles. The number of hydrogen-bond donors (Lipinski definition) is 4. The zero-order valence-electron chi connectivity index (χ0n) is 45.0. The van der Waals surface area contributed by atoms with E-state index in [0.717, 1.165) is 24.0 Å². The Kier molecular flexibility index (Phi) is 23.0. The molecule has 4 N–H and O–H groups in total. The van der Waals surface area contributed by atoms with Crippen molar-refractivity contribution in [3.8, 4) is 0 Å². The fourth-order valence-electron chi connectivity index (χ4n) is 11.1. The Labute approximate surface area is 434 Å². The summed E-state index contributed by atoms with van der Waals surface area (Å²) in [6.45, 7) is 17.5. The standard InChI is InChI=1S/C59H87NO13/c1-36-19-13-11-14-20-37(2)51(71-35-50(63)45-21-15-12-16-22-45)33-46-26-24-42(7)59(68,73-46)56(65)57(66)60-28-18-17-23-47(60)58(67)72-52(40(5)31-44-25-27-48(61)53(32-44)69-9)34-49(62)39(4)30-41(6)54(64)55(70-10)43(8)38(3)29-36/h11-16,19-22,30,36,38-40,42,44,46-48,50-55,61,63-64,68H,8,17-18,23-29,31-35H2,1-7,9-10H3/b14-11+,19-13+,37-20+,41-30+/t36-,38-,39-,40-,42-,44+,46+,47?,48-,50-,51?,52+,53-,54-,55+,59-/m1/s1. The first-order chi connectivity index (χ1) is 34.7. The number of benzene rings is 1. The molecule has 0 radical (unpaired) electrons. The molecule has 1 saturated carbocycles. The number of hydrogen-bond acceptors (Lipinski definition) is 13. The summed E-state index contributed by atoms with van der Waals surface area (Å²) in [5.41, 5.74) is 2.76. The SMILES string of the molecule is C=C1[C@H](C)C[C@H](C)/C=C/C=C/C=C(\C)C(OC[C@@H](O)c2ccccc2)C[C@@H]2CC[C@@H](C)[C@@](O)(O2)C(=O)C(=O)N2CCCCC2C(=O)O[C@H]([C@H](C)C[C@@H]2CC[C@@H](O)[C@H](OC)C2)CC(=O)[C@H](C)/C=C(\C)[C@@H](O)[C@H]1OC. The number of nitrogens with zero attached hydrogens (tertiary/aromatic N) is 1. The van der Waals surface area contributed by atoms with E-state index in [4.69, 9.17) is 23.7 Å². The average Bonchev–Trinajstić information content (AvgIpc) is 3.37. The number of rotatable bonds is 9. The summed E-state index contributed by atoms with van der Waals surface area (Å²) in [4.78, 5) is 58.9. The van der Waals surface area contributed by atoms with Crippen LogP contribution in [0.4, 0.5) is 0 Å². The number of piperidine rings is 1. The molecule has 73 heavy (non-hydrogen) atoms. The molecule has 14 heteroatoms. The Hall–Kier alpha value is -4.12. The first-order valence-corrected chi connectivity index (χ1v) is 26.8. The van der Waals surface area contributed by atoms with Gasteiger partial charge in [-0.3, -0.25) is 14.4 Å². The largest absolute Gasteiger partial charge is 0.460 e. The van der Waals surface area contributed by atoms with Gasteiger partial charge in [-0.05, 0) is 124 Å². The van der Waals surface area contributed by atoms with Gasteiger partial charge < -0.3 is 49.0 Å². The fraction of sp³-hybridized carbons (Fsp3) is 0.661. The molecule has 1 aromatic rings. The molecule has 1 aliphatic carbocycles. The molecule has 3 aliphatic heterocycles. The number of ether oxygens (including phenoxy) is 5. The van der Waals surface area contributed by atoms with Crippen molar-refractivity contribution < 1.29 is 63.3 Å². The van der Waals surface area contributed by atoms with Gasteiger partial charge in [0.1, 0.15) is 36.2 Å². The van der Waals surface area contributed by atoms with E-state index in [1.54, 1.807) is 34.0 Å². The third-order valence-corrected chi connectivity index (χ3v) is 16.1. The summed E-state index contributed by atoms with van der Waals surface area (Å²) in [6.07, 6.45) is 11.0. The molecule has 14 nitrogen and oxygen atoms in total. The third kappa shape index (κ3) is 16.2. The van der Waals surface area contributed by atoms with Gasteiger partial charge in [0.05, 0.1) is 31.0 Å². The van der Waals surface area contributed by atoms with Gasteiger partial charge in [0.2, 0.25) is 5.79 Å². The summed E-state index contributed by atoms with van der Waals surface area (Å²) in [5, 5.41) is 45.5. The van der Waals surface area contributed by atoms with E-state index in [2.05, 4.69) is 26.5 Å². The van der Waals surface area contributed by atoms with Crippen LogP contribution < -0.4 is 0 Å². The second kappa shape index (κ2) is 28.1. The van der Waals surface area contributed by atoms with E-state index in [1.807, 2.05) is 68.5 Å². The number of aliphatic hydroxyl groups excluding tert-OH is 3. The number of aliphatic hydroxyl groups is 4. The van der Waals surface area contributed by atoms with Gasteiger partial charge in [0.25, 0.3) is 11.7 Å². The van der Waals surface area contributed by atoms with Crippen LogP contribution in [0.15, 0.2) is 90.1 Å². The molecule has 0 aromatic heterocycles.